The molecule has 1 fully saturated rings. The zero-order chi connectivity index (χ0) is 14.5. The van der Waals surface area contributed by atoms with Gasteiger partial charge in [0.15, 0.2) is 5.60 Å². The molecule has 0 atom stereocenters. The summed E-state index contributed by atoms with van der Waals surface area (Å²) >= 11 is 0. The fraction of sp³-hybridized carbons (Fsp3) is 0.846. The van der Waals surface area contributed by atoms with Crippen LogP contribution in [0.5, 0.6) is 0 Å². The molecule has 0 N–H and O–H groups in total. The Morgan fingerprint density at radius 2 is 1.68 bits per heavy atom. The molecule has 0 bridgehead atoms. The quantitative estimate of drug-likeness (QED) is 0.776. The number of hydrogen-bond acceptors (Lipinski definition) is 3. The standard InChI is InChI=1S/C13H21F2NO3/c1-3-16(4-2)12(18)19-13(10(17)11(14)15)8-6-5-7-9-13/h11H,3-9H2,1-2H3. The maximum atomic E-state index is 12.7. The van der Waals surface area contributed by atoms with Crippen LogP contribution in [0, 0.1) is 0 Å². The van der Waals surface area contributed by atoms with Gasteiger partial charge in [0.2, 0.25) is 5.78 Å². The molecule has 0 saturated heterocycles. The van der Waals surface area contributed by atoms with Crippen LogP contribution in [0.25, 0.3) is 0 Å². The van der Waals surface area contributed by atoms with E-state index in [2.05, 4.69) is 0 Å². The van der Waals surface area contributed by atoms with Gasteiger partial charge in [0.1, 0.15) is 0 Å². The Morgan fingerprint density at radius 1 is 1.16 bits per heavy atom. The molecule has 0 aromatic carbocycles. The van der Waals surface area contributed by atoms with Crippen molar-refractivity contribution in [1.82, 2.24) is 4.90 Å². The molecule has 0 spiro atoms. The minimum atomic E-state index is -3.09. The maximum Gasteiger partial charge on any atom is 0.410 e. The van der Waals surface area contributed by atoms with Gasteiger partial charge in [-0.2, -0.15) is 0 Å². The van der Waals surface area contributed by atoms with Crippen molar-refractivity contribution < 1.29 is 23.1 Å². The number of alkyl halides is 2. The van der Waals surface area contributed by atoms with Gasteiger partial charge >= 0.3 is 6.09 Å². The lowest BCUT2D eigenvalue weighted by molar-refractivity contribution is -0.153. The smallest absolute Gasteiger partial charge is 0.410 e. The van der Waals surface area contributed by atoms with Crippen LogP contribution >= 0.6 is 0 Å². The lowest BCUT2D eigenvalue weighted by Crippen LogP contribution is -2.50. The van der Waals surface area contributed by atoms with Crippen LogP contribution in [-0.2, 0) is 9.53 Å². The SMILES string of the molecule is CCN(CC)C(=O)OC1(C(=O)C(F)F)CCCCC1. The Morgan fingerprint density at radius 3 is 2.11 bits per heavy atom. The number of carbonyl (C=O) groups excluding carboxylic acids is 2. The fourth-order valence-corrected chi connectivity index (χ4v) is 2.43. The van der Waals surface area contributed by atoms with Crippen molar-refractivity contribution in [1.29, 1.82) is 0 Å². The summed E-state index contributed by atoms with van der Waals surface area (Å²) < 4.78 is 30.6. The minimum Gasteiger partial charge on any atom is -0.435 e. The summed E-state index contributed by atoms with van der Waals surface area (Å²) in [6.07, 6.45) is -1.25. The molecule has 4 nitrogen and oxygen atoms in total. The number of hydrogen-bond donors (Lipinski definition) is 0. The maximum absolute atomic E-state index is 12.7. The second-order valence-corrected chi connectivity index (χ2v) is 4.76. The number of ketones is 1. The predicted molar refractivity (Wildman–Crippen MR) is 66.2 cm³/mol. The minimum absolute atomic E-state index is 0.198. The summed E-state index contributed by atoms with van der Waals surface area (Å²) in [6, 6.07) is 0. The number of Topliss-reactive ketones (excluding diaryl/α,β-unsaturated/α-hetero) is 1. The average molecular weight is 277 g/mol. The van der Waals surface area contributed by atoms with E-state index in [1.54, 1.807) is 13.8 Å². The Labute approximate surface area is 112 Å². The Balaban J connectivity index is 2.86. The Hall–Kier alpha value is -1.20. The zero-order valence-corrected chi connectivity index (χ0v) is 11.5. The third kappa shape index (κ3) is 3.64. The van der Waals surface area contributed by atoms with Gasteiger partial charge in [0.25, 0.3) is 6.43 Å². The molecule has 0 heterocycles. The molecule has 0 aromatic heterocycles. The summed E-state index contributed by atoms with van der Waals surface area (Å²) in [7, 11) is 0. The third-order valence-corrected chi connectivity index (χ3v) is 3.61. The summed E-state index contributed by atoms with van der Waals surface area (Å²) in [5.74, 6) is -1.26. The first-order valence-corrected chi connectivity index (χ1v) is 6.77. The first-order chi connectivity index (χ1) is 8.96. The van der Waals surface area contributed by atoms with E-state index in [0.29, 0.717) is 25.9 Å². The number of ether oxygens (including phenoxy) is 1. The molecule has 0 aliphatic heterocycles. The molecule has 1 amide bonds. The van der Waals surface area contributed by atoms with Crippen LogP contribution in [-0.4, -0.2) is 41.9 Å². The number of carbonyl (C=O) groups is 2. The van der Waals surface area contributed by atoms with Gasteiger partial charge in [-0.05, 0) is 39.5 Å². The molecule has 1 rings (SSSR count). The monoisotopic (exact) mass is 277 g/mol. The number of amides is 1. The number of nitrogens with zero attached hydrogens (tertiary/aromatic N) is 1. The highest BCUT2D eigenvalue weighted by Crippen LogP contribution is 2.34. The van der Waals surface area contributed by atoms with E-state index in [1.807, 2.05) is 0 Å². The first-order valence-electron chi connectivity index (χ1n) is 6.77. The van der Waals surface area contributed by atoms with E-state index < -0.39 is 23.9 Å². The summed E-state index contributed by atoms with van der Waals surface area (Å²) in [4.78, 5) is 25.0. The van der Waals surface area contributed by atoms with Gasteiger partial charge in [-0.15, -0.1) is 0 Å². The molecule has 110 valence electrons. The highest BCUT2D eigenvalue weighted by atomic mass is 19.3. The van der Waals surface area contributed by atoms with Crippen LogP contribution in [0.1, 0.15) is 46.0 Å². The van der Waals surface area contributed by atoms with E-state index in [0.717, 1.165) is 6.42 Å². The van der Waals surface area contributed by atoms with E-state index in [4.69, 9.17) is 4.74 Å². The molecule has 1 aliphatic carbocycles. The van der Waals surface area contributed by atoms with E-state index in [9.17, 15) is 18.4 Å². The lowest BCUT2D eigenvalue weighted by Gasteiger charge is -2.36. The van der Waals surface area contributed by atoms with Gasteiger partial charge in [0.05, 0.1) is 0 Å². The molecule has 1 saturated carbocycles. The average Bonchev–Trinajstić information content (AvgIpc) is 2.40. The van der Waals surface area contributed by atoms with Crippen molar-refractivity contribution in [2.45, 2.75) is 58.0 Å². The van der Waals surface area contributed by atoms with Crippen molar-refractivity contribution in [2.24, 2.45) is 0 Å². The van der Waals surface area contributed by atoms with Crippen LogP contribution in [0.4, 0.5) is 13.6 Å². The summed E-state index contributed by atoms with van der Waals surface area (Å²) in [5, 5.41) is 0. The summed E-state index contributed by atoms with van der Waals surface area (Å²) in [5.41, 5.74) is -1.62. The molecule has 6 heteroatoms. The number of halogens is 2. The summed E-state index contributed by atoms with van der Waals surface area (Å²) in [6.45, 7) is 4.39. The lowest BCUT2D eigenvalue weighted by atomic mass is 9.81. The molecule has 0 unspecified atom stereocenters. The van der Waals surface area contributed by atoms with E-state index in [-0.39, 0.29) is 12.8 Å². The molecule has 1 aliphatic rings. The van der Waals surface area contributed by atoms with Gasteiger partial charge in [-0.3, -0.25) is 4.79 Å². The molecule has 0 radical (unpaired) electrons. The fourth-order valence-electron chi connectivity index (χ4n) is 2.43. The first kappa shape index (κ1) is 15.9. The van der Waals surface area contributed by atoms with Crippen molar-refractivity contribution in [3.63, 3.8) is 0 Å². The van der Waals surface area contributed by atoms with Crippen LogP contribution in [0.2, 0.25) is 0 Å². The molecule has 0 aromatic rings. The highest BCUT2D eigenvalue weighted by molar-refractivity contribution is 5.92. The second-order valence-electron chi connectivity index (χ2n) is 4.76. The van der Waals surface area contributed by atoms with Crippen molar-refractivity contribution in [3.05, 3.63) is 0 Å². The van der Waals surface area contributed by atoms with E-state index >= 15 is 0 Å². The van der Waals surface area contributed by atoms with Gasteiger partial charge in [0, 0.05) is 13.1 Å². The van der Waals surface area contributed by atoms with Gasteiger partial charge in [-0.25, -0.2) is 13.6 Å². The second kappa shape index (κ2) is 6.82. The van der Waals surface area contributed by atoms with Crippen LogP contribution < -0.4 is 0 Å². The third-order valence-electron chi connectivity index (χ3n) is 3.61. The van der Waals surface area contributed by atoms with Crippen molar-refractivity contribution >= 4 is 11.9 Å². The zero-order valence-electron chi connectivity index (χ0n) is 11.5. The Bertz CT molecular complexity index is 324. The van der Waals surface area contributed by atoms with Crippen molar-refractivity contribution in [3.8, 4) is 0 Å². The highest BCUT2D eigenvalue weighted by Gasteiger charge is 2.47. The predicted octanol–water partition coefficient (Wildman–Crippen LogP) is 3.00. The Kier molecular flexibility index (Phi) is 5.69. The normalized spacial score (nSPS) is 18.2. The largest absolute Gasteiger partial charge is 0.435 e. The number of rotatable bonds is 5. The van der Waals surface area contributed by atoms with Gasteiger partial charge < -0.3 is 9.64 Å². The van der Waals surface area contributed by atoms with E-state index in [1.165, 1.54) is 4.90 Å². The van der Waals surface area contributed by atoms with Crippen molar-refractivity contribution in [2.75, 3.05) is 13.1 Å². The molecular formula is C13H21F2NO3. The molecular weight excluding hydrogens is 256 g/mol. The van der Waals surface area contributed by atoms with Gasteiger partial charge in [-0.1, -0.05) is 6.42 Å². The topological polar surface area (TPSA) is 46.6 Å². The van der Waals surface area contributed by atoms with Crippen LogP contribution in [0.15, 0.2) is 0 Å². The van der Waals surface area contributed by atoms with Crippen LogP contribution in [0.3, 0.4) is 0 Å². The molecule has 19 heavy (non-hydrogen) atoms.